The van der Waals surface area contributed by atoms with Crippen LogP contribution >= 0.6 is 0 Å². The Balaban J connectivity index is 1.78. The molecule has 1 N–H and O–H groups in total. The molecule has 0 bridgehead atoms. The largest absolute Gasteiger partial charge is 0.364 e. The van der Waals surface area contributed by atoms with E-state index in [0.29, 0.717) is 12.4 Å². The third-order valence-electron chi connectivity index (χ3n) is 3.13. The van der Waals surface area contributed by atoms with E-state index in [9.17, 15) is 0 Å². The minimum absolute atomic E-state index is 0.572. The van der Waals surface area contributed by atoms with Crippen LogP contribution in [-0.2, 0) is 13.1 Å². The molecule has 3 heterocycles. The smallest absolute Gasteiger partial charge is 0.163 e. The summed E-state index contributed by atoms with van der Waals surface area (Å²) in [4.78, 5) is 13.1. The number of nitrogens with one attached hydrogen (secondary N) is 1. The lowest BCUT2D eigenvalue weighted by molar-refractivity contribution is 0.626. The Morgan fingerprint density at radius 3 is 2.91 bits per heavy atom. The molecular weight excluding hydrogens is 278 g/mol. The van der Waals surface area contributed by atoms with E-state index in [1.807, 2.05) is 38.2 Å². The third-order valence-corrected chi connectivity index (χ3v) is 3.13. The van der Waals surface area contributed by atoms with Crippen LogP contribution in [0.5, 0.6) is 0 Å². The zero-order chi connectivity index (χ0) is 15.4. The summed E-state index contributed by atoms with van der Waals surface area (Å²) in [6, 6.07) is 5.72. The van der Waals surface area contributed by atoms with E-state index in [2.05, 4.69) is 30.6 Å². The van der Waals surface area contributed by atoms with Gasteiger partial charge in [0, 0.05) is 36.3 Å². The SMILES string of the molecule is CCn1cc(CNc2cc(C)nc(-c3cccnc3)n2)nn1. The van der Waals surface area contributed by atoms with Crippen LogP contribution in [0.1, 0.15) is 18.3 Å². The number of hydrogen-bond acceptors (Lipinski definition) is 6. The molecule has 0 aromatic carbocycles. The molecule has 7 nitrogen and oxygen atoms in total. The van der Waals surface area contributed by atoms with E-state index in [-0.39, 0.29) is 0 Å². The maximum absolute atomic E-state index is 4.53. The van der Waals surface area contributed by atoms with Crippen LogP contribution in [0.4, 0.5) is 5.82 Å². The van der Waals surface area contributed by atoms with Crippen LogP contribution in [0.3, 0.4) is 0 Å². The highest BCUT2D eigenvalue weighted by Crippen LogP contribution is 2.16. The van der Waals surface area contributed by atoms with E-state index in [0.717, 1.165) is 29.3 Å². The molecule has 0 saturated heterocycles. The van der Waals surface area contributed by atoms with E-state index in [1.165, 1.54) is 0 Å². The van der Waals surface area contributed by atoms with Gasteiger partial charge in [0.1, 0.15) is 11.5 Å². The average Bonchev–Trinajstić information content (AvgIpc) is 3.01. The molecule has 0 radical (unpaired) electrons. The van der Waals surface area contributed by atoms with Gasteiger partial charge in [0.05, 0.1) is 12.7 Å². The van der Waals surface area contributed by atoms with E-state index in [1.54, 1.807) is 17.1 Å². The topological polar surface area (TPSA) is 81.4 Å². The molecule has 22 heavy (non-hydrogen) atoms. The fourth-order valence-electron chi connectivity index (χ4n) is 2.04. The lowest BCUT2D eigenvalue weighted by Gasteiger charge is -2.07. The highest BCUT2D eigenvalue weighted by atomic mass is 15.4. The summed E-state index contributed by atoms with van der Waals surface area (Å²) in [5.41, 5.74) is 2.67. The summed E-state index contributed by atoms with van der Waals surface area (Å²) in [6.07, 6.45) is 5.41. The minimum Gasteiger partial charge on any atom is -0.364 e. The molecule has 0 spiro atoms. The second kappa shape index (κ2) is 6.30. The van der Waals surface area contributed by atoms with Crippen LogP contribution in [0.2, 0.25) is 0 Å². The Morgan fingerprint density at radius 2 is 2.18 bits per heavy atom. The number of rotatable bonds is 5. The van der Waals surface area contributed by atoms with Gasteiger partial charge in [-0.15, -0.1) is 5.10 Å². The fourth-order valence-corrected chi connectivity index (χ4v) is 2.04. The minimum atomic E-state index is 0.572. The third kappa shape index (κ3) is 3.25. The van der Waals surface area contributed by atoms with Gasteiger partial charge in [-0.3, -0.25) is 9.67 Å². The van der Waals surface area contributed by atoms with Gasteiger partial charge < -0.3 is 5.32 Å². The van der Waals surface area contributed by atoms with Crippen LogP contribution in [0, 0.1) is 6.92 Å². The van der Waals surface area contributed by atoms with E-state index >= 15 is 0 Å². The molecule has 3 rings (SSSR count). The molecule has 0 saturated carbocycles. The Bertz CT molecular complexity index is 752. The molecule has 0 aliphatic heterocycles. The summed E-state index contributed by atoms with van der Waals surface area (Å²) in [6.45, 7) is 5.35. The van der Waals surface area contributed by atoms with Crippen molar-refractivity contribution >= 4 is 5.82 Å². The van der Waals surface area contributed by atoms with Gasteiger partial charge in [0.2, 0.25) is 0 Å². The molecule has 3 aromatic rings. The van der Waals surface area contributed by atoms with Crippen LogP contribution in [-0.4, -0.2) is 29.9 Å². The van der Waals surface area contributed by atoms with Crippen molar-refractivity contribution in [2.75, 3.05) is 5.32 Å². The van der Waals surface area contributed by atoms with Gasteiger partial charge in [0.15, 0.2) is 5.82 Å². The van der Waals surface area contributed by atoms with Crippen molar-refractivity contribution in [2.24, 2.45) is 0 Å². The summed E-state index contributed by atoms with van der Waals surface area (Å²) in [7, 11) is 0. The van der Waals surface area contributed by atoms with Crippen molar-refractivity contribution in [1.82, 2.24) is 29.9 Å². The Labute approximate surface area is 128 Å². The summed E-state index contributed by atoms with van der Waals surface area (Å²) < 4.78 is 1.79. The first-order valence-electron chi connectivity index (χ1n) is 7.13. The van der Waals surface area contributed by atoms with Crippen LogP contribution < -0.4 is 5.32 Å². The summed E-state index contributed by atoms with van der Waals surface area (Å²) in [5.74, 6) is 1.42. The van der Waals surface area contributed by atoms with Gasteiger partial charge in [-0.2, -0.15) is 0 Å². The number of pyridine rings is 1. The molecule has 0 atom stereocenters. The standard InChI is InChI=1S/C15H17N7/c1-3-22-10-13(20-21-22)9-17-14-7-11(2)18-15(19-14)12-5-4-6-16-8-12/h4-8,10H,3,9H2,1-2H3,(H,17,18,19). The number of aromatic nitrogens is 6. The van der Waals surface area contributed by atoms with Crippen LogP contribution in [0.25, 0.3) is 11.4 Å². The lowest BCUT2D eigenvalue weighted by atomic mass is 10.2. The first-order chi connectivity index (χ1) is 10.7. The monoisotopic (exact) mass is 295 g/mol. The molecule has 0 unspecified atom stereocenters. The molecule has 3 aromatic heterocycles. The molecule has 7 heteroatoms. The summed E-state index contributed by atoms with van der Waals surface area (Å²) >= 11 is 0. The second-order valence-electron chi connectivity index (χ2n) is 4.88. The average molecular weight is 295 g/mol. The van der Waals surface area contributed by atoms with Crippen molar-refractivity contribution in [1.29, 1.82) is 0 Å². The molecule has 0 aliphatic rings. The molecule has 0 amide bonds. The molecular formula is C15H17N7. The zero-order valence-corrected chi connectivity index (χ0v) is 12.6. The Hall–Kier alpha value is -2.83. The number of aryl methyl sites for hydroxylation is 2. The first-order valence-corrected chi connectivity index (χ1v) is 7.13. The Morgan fingerprint density at radius 1 is 1.27 bits per heavy atom. The predicted octanol–water partition coefficient (Wildman–Crippen LogP) is 2.07. The van der Waals surface area contributed by atoms with Crippen LogP contribution in [0.15, 0.2) is 36.8 Å². The van der Waals surface area contributed by atoms with Crippen molar-refractivity contribution in [3.63, 3.8) is 0 Å². The second-order valence-corrected chi connectivity index (χ2v) is 4.88. The number of anilines is 1. The lowest BCUT2D eigenvalue weighted by Crippen LogP contribution is -2.04. The van der Waals surface area contributed by atoms with Crippen molar-refractivity contribution in [3.8, 4) is 11.4 Å². The zero-order valence-electron chi connectivity index (χ0n) is 12.6. The predicted molar refractivity (Wildman–Crippen MR) is 83.0 cm³/mol. The van der Waals surface area contributed by atoms with Crippen molar-refractivity contribution < 1.29 is 0 Å². The van der Waals surface area contributed by atoms with Crippen molar-refractivity contribution in [3.05, 3.63) is 48.2 Å². The maximum Gasteiger partial charge on any atom is 0.163 e. The molecule has 112 valence electrons. The van der Waals surface area contributed by atoms with E-state index in [4.69, 9.17) is 0 Å². The number of nitrogens with zero attached hydrogens (tertiary/aromatic N) is 6. The molecule has 0 fully saturated rings. The Kier molecular flexibility index (Phi) is 4.04. The summed E-state index contributed by atoms with van der Waals surface area (Å²) in [5, 5.41) is 11.4. The van der Waals surface area contributed by atoms with Gasteiger partial charge in [0.25, 0.3) is 0 Å². The first kappa shape index (κ1) is 14.1. The van der Waals surface area contributed by atoms with Gasteiger partial charge >= 0.3 is 0 Å². The quantitative estimate of drug-likeness (QED) is 0.776. The van der Waals surface area contributed by atoms with E-state index < -0.39 is 0 Å². The van der Waals surface area contributed by atoms with Gasteiger partial charge in [-0.25, -0.2) is 9.97 Å². The van der Waals surface area contributed by atoms with Gasteiger partial charge in [-0.05, 0) is 26.0 Å². The number of hydrogen-bond donors (Lipinski definition) is 1. The van der Waals surface area contributed by atoms with Crippen molar-refractivity contribution in [2.45, 2.75) is 26.9 Å². The highest BCUT2D eigenvalue weighted by molar-refractivity contribution is 5.56. The highest BCUT2D eigenvalue weighted by Gasteiger charge is 2.06. The fraction of sp³-hybridized carbons (Fsp3) is 0.267. The van der Waals surface area contributed by atoms with Gasteiger partial charge in [-0.1, -0.05) is 5.21 Å². The maximum atomic E-state index is 4.53. The molecule has 0 aliphatic carbocycles. The normalized spacial score (nSPS) is 10.6.